The fourth-order valence-corrected chi connectivity index (χ4v) is 2.31. The van der Waals surface area contributed by atoms with Crippen LogP contribution in [-0.2, 0) is 4.74 Å². The molecular formula is C13H18ClNO. The molecule has 0 aliphatic carbocycles. The Bertz CT molecular complexity index is 319. The van der Waals surface area contributed by atoms with Gasteiger partial charge in [0.15, 0.2) is 0 Å². The van der Waals surface area contributed by atoms with Crippen LogP contribution in [0.1, 0.15) is 30.9 Å². The second kappa shape index (κ2) is 5.67. The predicted octanol–water partition coefficient (Wildman–Crippen LogP) is 3.16. The summed E-state index contributed by atoms with van der Waals surface area (Å²) in [7, 11) is 0. The van der Waals surface area contributed by atoms with E-state index in [4.69, 9.17) is 22.1 Å². The first kappa shape index (κ1) is 11.9. The summed E-state index contributed by atoms with van der Waals surface area (Å²) in [5, 5.41) is 0.766. The van der Waals surface area contributed by atoms with Gasteiger partial charge in [0.2, 0.25) is 0 Å². The molecule has 1 aromatic carbocycles. The fraction of sp³-hybridized carbons (Fsp3) is 0.538. The van der Waals surface area contributed by atoms with E-state index in [0.29, 0.717) is 5.92 Å². The van der Waals surface area contributed by atoms with Crippen LogP contribution in [0.3, 0.4) is 0 Å². The molecule has 0 spiro atoms. The Morgan fingerprint density at radius 3 is 2.50 bits per heavy atom. The topological polar surface area (TPSA) is 35.2 Å². The zero-order valence-corrected chi connectivity index (χ0v) is 10.1. The molecular weight excluding hydrogens is 222 g/mol. The number of rotatable bonds is 3. The second-order valence-corrected chi connectivity index (χ2v) is 4.89. The standard InChI is InChI=1S/C13H18ClNO/c14-12-3-1-11(2-4-12)13(15)9-10-5-7-16-8-6-10/h1-4,10,13H,5-9,15H2. The Kier molecular flexibility index (Phi) is 4.22. The lowest BCUT2D eigenvalue weighted by Gasteiger charge is -2.25. The van der Waals surface area contributed by atoms with Crippen molar-refractivity contribution in [1.29, 1.82) is 0 Å². The summed E-state index contributed by atoms with van der Waals surface area (Å²) in [5.74, 6) is 0.708. The molecule has 2 rings (SSSR count). The van der Waals surface area contributed by atoms with E-state index < -0.39 is 0 Å². The lowest BCUT2D eigenvalue weighted by molar-refractivity contribution is 0.0618. The Labute approximate surface area is 102 Å². The molecule has 0 aromatic heterocycles. The van der Waals surface area contributed by atoms with Crippen LogP contribution in [0.25, 0.3) is 0 Å². The Balaban J connectivity index is 1.91. The summed E-state index contributed by atoms with van der Waals surface area (Å²) in [6.07, 6.45) is 3.33. The maximum Gasteiger partial charge on any atom is 0.0468 e. The summed E-state index contributed by atoms with van der Waals surface area (Å²) >= 11 is 5.85. The predicted molar refractivity (Wildman–Crippen MR) is 66.5 cm³/mol. The average Bonchev–Trinajstić information content (AvgIpc) is 2.31. The summed E-state index contributed by atoms with van der Waals surface area (Å²) in [5.41, 5.74) is 7.37. The zero-order chi connectivity index (χ0) is 11.4. The molecule has 2 nitrogen and oxygen atoms in total. The van der Waals surface area contributed by atoms with Gasteiger partial charge < -0.3 is 10.5 Å². The molecule has 1 atom stereocenters. The van der Waals surface area contributed by atoms with Gasteiger partial charge in [0.25, 0.3) is 0 Å². The molecule has 2 N–H and O–H groups in total. The molecule has 88 valence electrons. The highest BCUT2D eigenvalue weighted by molar-refractivity contribution is 6.30. The van der Waals surface area contributed by atoms with Gasteiger partial charge in [-0.1, -0.05) is 23.7 Å². The third-order valence-corrected chi connectivity index (χ3v) is 3.48. The SMILES string of the molecule is NC(CC1CCOCC1)c1ccc(Cl)cc1. The van der Waals surface area contributed by atoms with E-state index in [0.717, 1.165) is 37.5 Å². The molecule has 1 fully saturated rings. The van der Waals surface area contributed by atoms with E-state index in [1.807, 2.05) is 24.3 Å². The van der Waals surface area contributed by atoms with Crippen LogP contribution >= 0.6 is 11.6 Å². The van der Waals surface area contributed by atoms with Crippen molar-refractivity contribution in [3.63, 3.8) is 0 Å². The van der Waals surface area contributed by atoms with Crippen molar-refractivity contribution in [1.82, 2.24) is 0 Å². The maximum absolute atomic E-state index is 6.19. The molecule has 1 heterocycles. The first-order chi connectivity index (χ1) is 7.75. The van der Waals surface area contributed by atoms with Crippen molar-refractivity contribution in [2.45, 2.75) is 25.3 Å². The number of hydrogen-bond donors (Lipinski definition) is 1. The van der Waals surface area contributed by atoms with Crippen molar-refractivity contribution in [2.24, 2.45) is 11.7 Å². The molecule has 0 bridgehead atoms. The normalized spacial score (nSPS) is 19.6. The lowest BCUT2D eigenvalue weighted by atomic mass is 9.90. The Hall–Kier alpha value is -0.570. The maximum atomic E-state index is 6.19. The largest absolute Gasteiger partial charge is 0.381 e. The smallest absolute Gasteiger partial charge is 0.0468 e. The van der Waals surface area contributed by atoms with Crippen LogP contribution < -0.4 is 5.73 Å². The van der Waals surface area contributed by atoms with Crippen LogP contribution in [0.2, 0.25) is 5.02 Å². The van der Waals surface area contributed by atoms with Crippen LogP contribution in [0.15, 0.2) is 24.3 Å². The average molecular weight is 240 g/mol. The molecule has 1 saturated heterocycles. The number of benzene rings is 1. The summed E-state index contributed by atoms with van der Waals surface area (Å²) < 4.78 is 5.34. The van der Waals surface area contributed by atoms with Crippen molar-refractivity contribution >= 4 is 11.6 Å². The van der Waals surface area contributed by atoms with E-state index >= 15 is 0 Å². The van der Waals surface area contributed by atoms with Crippen molar-refractivity contribution < 1.29 is 4.74 Å². The minimum atomic E-state index is 0.125. The van der Waals surface area contributed by atoms with E-state index in [9.17, 15) is 0 Å². The molecule has 0 saturated carbocycles. The van der Waals surface area contributed by atoms with E-state index in [1.165, 1.54) is 5.56 Å². The summed E-state index contributed by atoms with van der Waals surface area (Å²) in [4.78, 5) is 0. The molecule has 1 unspecified atom stereocenters. The highest BCUT2D eigenvalue weighted by Gasteiger charge is 2.17. The third kappa shape index (κ3) is 3.21. The minimum absolute atomic E-state index is 0.125. The number of ether oxygens (including phenoxy) is 1. The number of halogens is 1. The van der Waals surface area contributed by atoms with Crippen molar-refractivity contribution in [3.05, 3.63) is 34.9 Å². The molecule has 0 amide bonds. The molecule has 1 aliphatic rings. The van der Waals surface area contributed by atoms with Gasteiger partial charge in [0, 0.05) is 24.3 Å². The highest BCUT2D eigenvalue weighted by Crippen LogP contribution is 2.26. The van der Waals surface area contributed by atoms with Gasteiger partial charge in [-0.05, 0) is 42.9 Å². The van der Waals surface area contributed by atoms with Gasteiger partial charge in [-0.15, -0.1) is 0 Å². The zero-order valence-electron chi connectivity index (χ0n) is 9.36. The van der Waals surface area contributed by atoms with E-state index in [-0.39, 0.29) is 6.04 Å². The first-order valence-electron chi connectivity index (χ1n) is 5.84. The van der Waals surface area contributed by atoms with E-state index in [1.54, 1.807) is 0 Å². The molecule has 1 aromatic rings. The number of hydrogen-bond acceptors (Lipinski definition) is 2. The third-order valence-electron chi connectivity index (χ3n) is 3.23. The Morgan fingerprint density at radius 1 is 1.25 bits per heavy atom. The Morgan fingerprint density at radius 2 is 1.88 bits per heavy atom. The first-order valence-corrected chi connectivity index (χ1v) is 6.22. The molecule has 3 heteroatoms. The quantitative estimate of drug-likeness (QED) is 0.880. The van der Waals surface area contributed by atoms with Crippen LogP contribution in [-0.4, -0.2) is 13.2 Å². The summed E-state index contributed by atoms with van der Waals surface area (Å²) in [6.45, 7) is 1.77. The van der Waals surface area contributed by atoms with Gasteiger partial charge in [0.05, 0.1) is 0 Å². The molecule has 1 aliphatic heterocycles. The van der Waals surface area contributed by atoms with Gasteiger partial charge in [0.1, 0.15) is 0 Å². The second-order valence-electron chi connectivity index (χ2n) is 4.45. The number of nitrogens with two attached hydrogens (primary N) is 1. The molecule has 0 radical (unpaired) electrons. The van der Waals surface area contributed by atoms with Gasteiger partial charge in [-0.3, -0.25) is 0 Å². The molecule has 16 heavy (non-hydrogen) atoms. The van der Waals surface area contributed by atoms with Crippen LogP contribution in [0.4, 0.5) is 0 Å². The van der Waals surface area contributed by atoms with Crippen LogP contribution in [0, 0.1) is 5.92 Å². The highest BCUT2D eigenvalue weighted by atomic mass is 35.5. The van der Waals surface area contributed by atoms with Crippen molar-refractivity contribution in [3.8, 4) is 0 Å². The lowest BCUT2D eigenvalue weighted by Crippen LogP contribution is -2.21. The fourth-order valence-electron chi connectivity index (χ4n) is 2.19. The van der Waals surface area contributed by atoms with Gasteiger partial charge in [-0.25, -0.2) is 0 Å². The van der Waals surface area contributed by atoms with Gasteiger partial charge in [-0.2, -0.15) is 0 Å². The van der Waals surface area contributed by atoms with Crippen LogP contribution in [0.5, 0.6) is 0 Å². The van der Waals surface area contributed by atoms with Crippen molar-refractivity contribution in [2.75, 3.05) is 13.2 Å². The minimum Gasteiger partial charge on any atom is -0.381 e. The summed E-state index contributed by atoms with van der Waals surface area (Å²) in [6, 6.07) is 7.97. The monoisotopic (exact) mass is 239 g/mol. The van der Waals surface area contributed by atoms with Gasteiger partial charge >= 0.3 is 0 Å². The van der Waals surface area contributed by atoms with E-state index in [2.05, 4.69) is 0 Å².